The molecule has 172 valence electrons. The summed E-state index contributed by atoms with van der Waals surface area (Å²) in [6.45, 7) is 4.70. The van der Waals surface area contributed by atoms with Gasteiger partial charge in [-0.05, 0) is 42.5 Å². The van der Waals surface area contributed by atoms with Gasteiger partial charge in [-0.15, -0.1) is 0 Å². The minimum Gasteiger partial charge on any atom is -0.354 e. The first kappa shape index (κ1) is 23.6. The lowest BCUT2D eigenvalue weighted by atomic mass is 9.83. The number of likely N-dealkylation sites (tertiary alicyclic amines) is 1. The number of nitrogens with two attached hydrogens (primary N) is 1. The number of carbonyl (C=O) groups excluding carboxylic acids is 2. The number of nitrogens with zero attached hydrogens (tertiary/aromatic N) is 2. The average molecular weight is 446 g/mol. The van der Waals surface area contributed by atoms with Crippen LogP contribution in [-0.4, -0.2) is 47.5 Å². The molecular weight excluding hydrogens is 416 g/mol. The number of anilines is 1. The van der Waals surface area contributed by atoms with Crippen LogP contribution in [0.3, 0.4) is 0 Å². The number of hydrogen-bond donors (Lipinski definition) is 3. The van der Waals surface area contributed by atoms with Crippen molar-refractivity contribution >= 4 is 17.6 Å². The van der Waals surface area contributed by atoms with Crippen LogP contribution in [0.4, 0.5) is 19.3 Å². The molecule has 2 heterocycles. The van der Waals surface area contributed by atoms with E-state index in [9.17, 15) is 18.4 Å². The molecular formula is C23H29F2N5O2. The van der Waals surface area contributed by atoms with E-state index in [0.29, 0.717) is 37.2 Å². The molecule has 0 bridgehead atoms. The van der Waals surface area contributed by atoms with Crippen molar-refractivity contribution in [3.05, 3.63) is 59.9 Å². The topological polar surface area (TPSA) is 100 Å². The van der Waals surface area contributed by atoms with Gasteiger partial charge in [0.05, 0.1) is 6.04 Å². The number of nitrogens with one attached hydrogen (secondary N) is 2. The highest BCUT2D eigenvalue weighted by molar-refractivity contribution is 5.89. The quantitative estimate of drug-likeness (QED) is 0.636. The average Bonchev–Trinajstić information content (AvgIpc) is 2.77. The highest BCUT2D eigenvalue weighted by Gasteiger charge is 2.32. The molecule has 1 saturated heterocycles. The van der Waals surface area contributed by atoms with Gasteiger partial charge >= 0.3 is 6.03 Å². The van der Waals surface area contributed by atoms with Gasteiger partial charge in [0.2, 0.25) is 5.91 Å². The molecule has 3 amide bonds. The maximum absolute atomic E-state index is 14.1. The molecule has 1 aromatic heterocycles. The van der Waals surface area contributed by atoms with E-state index in [0.717, 1.165) is 6.07 Å². The number of carbonyl (C=O) groups is 2. The SMILES string of the molecule is CC(C)(CNC(=O)C(N)C1CCN(C(=O)Nc2ccncc2)CC1)c1ccc(F)cc1F. The summed E-state index contributed by atoms with van der Waals surface area (Å²) in [7, 11) is 0. The normalized spacial score (nSPS) is 15.8. The summed E-state index contributed by atoms with van der Waals surface area (Å²) in [5, 5.41) is 5.63. The highest BCUT2D eigenvalue weighted by Crippen LogP contribution is 2.26. The molecule has 0 spiro atoms. The Morgan fingerprint density at radius 3 is 2.47 bits per heavy atom. The van der Waals surface area contributed by atoms with Crippen molar-refractivity contribution in [2.45, 2.75) is 38.1 Å². The Labute approximate surface area is 186 Å². The lowest BCUT2D eigenvalue weighted by Crippen LogP contribution is -2.52. The van der Waals surface area contributed by atoms with E-state index in [-0.39, 0.29) is 24.4 Å². The van der Waals surface area contributed by atoms with Crippen molar-refractivity contribution in [2.24, 2.45) is 11.7 Å². The van der Waals surface area contributed by atoms with Gasteiger partial charge in [0.25, 0.3) is 0 Å². The molecule has 2 aromatic rings. The summed E-state index contributed by atoms with van der Waals surface area (Å²) >= 11 is 0. The van der Waals surface area contributed by atoms with Gasteiger partial charge < -0.3 is 21.3 Å². The number of pyridine rings is 1. The van der Waals surface area contributed by atoms with Crippen LogP contribution in [0, 0.1) is 17.6 Å². The van der Waals surface area contributed by atoms with E-state index >= 15 is 0 Å². The fourth-order valence-electron chi connectivity index (χ4n) is 3.87. The van der Waals surface area contributed by atoms with E-state index in [1.807, 2.05) is 0 Å². The lowest BCUT2D eigenvalue weighted by Gasteiger charge is -2.34. The molecule has 1 aromatic carbocycles. The third-order valence-corrected chi connectivity index (χ3v) is 5.93. The summed E-state index contributed by atoms with van der Waals surface area (Å²) in [5.74, 6) is -1.68. The molecule has 1 fully saturated rings. The van der Waals surface area contributed by atoms with Gasteiger partial charge in [-0.3, -0.25) is 9.78 Å². The fraction of sp³-hybridized carbons (Fsp3) is 0.435. The summed E-state index contributed by atoms with van der Waals surface area (Å²) < 4.78 is 27.3. The monoisotopic (exact) mass is 445 g/mol. The maximum atomic E-state index is 14.1. The van der Waals surface area contributed by atoms with Crippen LogP contribution in [-0.2, 0) is 10.2 Å². The van der Waals surface area contributed by atoms with Crippen molar-refractivity contribution in [3.63, 3.8) is 0 Å². The Balaban J connectivity index is 1.48. The molecule has 0 aliphatic carbocycles. The van der Waals surface area contributed by atoms with Crippen molar-refractivity contribution in [1.82, 2.24) is 15.2 Å². The summed E-state index contributed by atoms with van der Waals surface area (Å²) in [5.41, 5.74) is 6.45. The van der Waals surface area contributed by atoms with Gasteiger partial charge in [0, 0.05) is 49.2 Å². The molecule has 1 aliphatic rings. The van der Waals surface area contributed by atoms with E-state index in [4.69, 9.17) is 5.73 Å². The molecule has 0 radical (unpaired) electrons. The van der Waals surface area contributed by atoms with Gasteiger partial charge in [-0.1, -0.05) is 19.9 Å². The van der Waals surface area contributed by atoms with E-state index in [1.54, 1.807) is 43.3 Å². The zero-order valence-electron chi connectivity index (χ0n) is 18.3. The largest absolute Gasteiger partial charge is 0.354 e. The minimum absolute atomic E-state index is 0.0642. The lowest BCUT2D eigenvalue weighted by molar-refractivity contribution is -0.124. The summed E-state index contributed by atoms with van der Waals surface area (Å²) in [4.78, 5) is 30.6. The molecule has 1 aliphatic heterocycles. The first-order chi connectivity index (χ1) is 15.2. The summed E-state index contributed by atoms with van der Waals surface area (Å²) in [6.07, 6.45) is 4.42. The number of piperidine rings is 1. The third-order valence-electron chi connectivity index (χ3n) is 5.93. The Hall–Kier alpha value is -3.07. The van der Waals surface area contributed by atoms with Crippen LogP contribution in [0.5, 0.6) is 0 Å². The molecule has 3 rings (SSSR count). The van der Waals surface area contributed by atoms with Crippen molar-refractivity contribution in [2.75, 3.05) is 25.0 Å². The zero-order valence-corrected chi connectivity index (χ0v) is 18.3. The number of benzene rings is 1. The van der Waals surface area contributed by atoms with Crippen LogP contribution < -0.4 is 16.4 Å². The molecule has 9 heteroatoms. The number of urea groups is 1. The number of halogens is 2. The number of hydrogen-bond acceptors (Lipinski definition) is 4. The van der Waals surface area contributed by atoms with Gasteiger partial charge in [0.15, 0.2) is 0 Å². The Morgan fingerprint density at radius 2 is 1.84 bits per heavy atom. The number of rotatable bonds is 6. The van der Waals surface area contributed by atoms with E-state index in [1.165, 1.54) is 12.1 Å². The number of aromatic nitrogens is 1. The molecule has 7 nitrogen and oxygen atoms in total. The van der Waals surface area contributed by atoms with Crippen LogP contribution in [0.1, 0.15) is 32.3 Å². The summed E-state index contributed by atoms with van der Waals surface area (Å²) in [6, 6.07) is 5.93. The smallest absolute Gasteiger partial charge is 0.321 e. The van der Waals surface area contributed by atoms with Crippen LogP contribution >= 0.6 is 0 Å². The molecule has 32 heavy (non-hydrogen) atoms. The standard InChI is InChI=1S/C23H29F2N5O2/c1-23(2,18-4-3-16(24)13-19(18)25)14-28-21(31)20(26)15-7-11-30(12-8-15)22(32)29-17-5-9-27-10-6-17/h3-6,9-10,13,15,20H,7-8,11-12,14,26H2,1-2H3,(H,28,31)(H,27,29,32). The van der Waals surface area contributed by atoms with Crippen molar-refractivity contribution in [3.8, 4) is 0 Å². The first-order valence-electron chi connectivity index (χ1n) is 10.6. The zero-order chi connectivity index (χ0) is 23.3. The van der Waals surface area contributed by atoms with Crippen LogP contribution in [0.25, 0.3) is 0 Å². The van der Waals surface area contributed by atoms with E-state index < -0.39 is 23.1 Å². The second kappa shape index (κ2) is 10.0. The first-order valence-corrected chi connectivity index (χ1v) is 10.6. The molecule has 1 unspecified atom stereocenters. The Bertz CT molecular complexity index is 947. The Morgan fingerprint density at radius 1 is 1.19 bits per heavy atom. The highest BCUT2D eigenvalue weighted by atomic mass is 19.1. The fourth-order valence-corrected chi connectivity index (χ4v) is 3.87. The van der Waals surface area contributed by atoms with Gasteiger partial charge in [-0.2, -0.15) is 0 Å². The molecule has 0 saturated carbocycles. The van der Waals surface area contributed by atoms with Crippen LogP contribution in [0.2, 0.25) is 0 Å². The van der Waals surface area contributed by atoms with Gasteiger partial charge in [0.1, 0.15) is 11.6 Å². The Kier molecular flexibility index (Phi) is 7.40. The number of amides is 3. The van der Waals surface area contributed by atoms with Crippen molar-refractivity contribution in [1.29, 1.82) is 0 Å². The van der Waals surface area contributed by atoms with Crippen molar-refractivity contribution < 1.29 is 18.4 Å². The third kappa shape index (κ3) is 5.79. The van der Waals surface area contributed by atoms with Crippen LogP contribution in [0.15, 0.2) is 42.7 Å². The molecule has 1 atom stereocenters. The predicted octanol–water partition coefficient (Wildman–Crippen LogP) is 3.03. The maximum Gasteiger partial charge on any atom is 0.321 e. The second-order valence-electron chi connectivity index (χ2n) is 8.74. The molecule has 4 N–H and O–H groups in total. The minimum atomic E-state index is -0.735. The second-order valence-corrected chi connectivity index (χ2v) is 8.74. The predicted molar refractivity (Wildman–Crippen MR) is 118 cm³/mol. The van der Waals surface area contributed by atoms with Gasteiger partial charge in [-0.25, -0.2) is 13.6 Å². The van der Waals surface area contributed by atoms with E-state index in [2.05, 4.69) is 15.6 Å².